The topological polar surface area (TPSA) is 62.2 Å². The van der Waals surface area contributed by atoms with Crippen LogP contribution in [0.2, 0.25) is 0 Å². The number of rotatable bonds is 2. The molecule has 1 aromatic carbocycles. The van der Waals surface area contributed by atoms with Crippen LogP contribution < -0.4 is 5.32 Å². The smallest absolute Gasteiger partial charge is 0.270 e. The van der Waals surface area contributed by atoms with Crippen molar-refractivity contribution in [3.63, 3.8) is 0 Å². The van der Waals surface area contributed by atoms with Crippen LogP contribution in [-0.2, 0) is 6.42 Å². The molecule has 0 fully saturated rings. The number of hydrogen-bond donors (Lipinski definition) is 2. The van der Waals surface area contributed by atoms with E-state index in [0.717, 1.165) is 29.7 Å². The standard InChI is InChI=1S/C16H16N2O2/c1-10-4-2-6-14(17-10)16(20)18-13-9-8-12-11(13)5-3-7-15(12)19/h2-7,13,19H,8-9H2,1H3,(H,18,20)/t13-/m1/s1. The van der Waals surface area contributed by atoms with Gasteiger partial charge in [0.05, 0.1) is 6.04 Å². The SMILES string of the molecule is Cc1cccc(C(=O)N[C@@H]2CCc3c(O)cccc32)n1. The lowest BCUT2D eigenvalue weighted by Gasteiger charge is -2.14. The maximum absolute atomic E-state index is 12.2. The van der Waals surface area contributed by atoms with Crippen LogP contribution in [0.25, 0.3) is 0 Å². The van der Waals surface area contributed by atoms with Gasteiger partial charge in [-0.3, -0.25) is 4.79 Å². The number of aryl methyl sites for hydroxylation is 1. The van der Waals surface area contributed by atoms with E-state index >= 15 is 0 Å². The van der Waals surface area contributed by atoms with Crippen molar-refractivity contribution < 1.29 is 9.90 Å². The molecular weight excluding hydrogens is 252 g/mol. The molecular formula is C16H16N2O2. The van der Waals surface area contributed by atoms with Crippen LogP contribution in [0.5, 0.6) is 5.75 Å². The predicted molar refractivity (Wildman–Crippen MR) is 75.6 cm³/mol. The number of carbonyl (C=O) groups is 1. The molecule has 1 aromatic heterocycles. The normalized spacial score (nSPS) is 16.8. The number of pyridine rings is 1. The Balaban J connectivity index is 1.81. The first-order valence-electron chi connectivity index (χ1n) is 6.70. The number of phenolic OH excluding ortho intramolecular Hbond substituents is 1. The number of carbonyl (C=O) groups excluding carboxylic acids is 1. The minimum atomic E-state index is -0.171. The summed E-state index contributed by atoms with van der Waals surface area (Å²) in [6.45, 7) is 1.86. The Morgan fingerprint density at radius 2 is 2.10 bits per heavy atom. The molecule has 20 heavy (non-hydrogen) atoms. The Morgan fingerprint density at radius 1 is 1.30 bits per heavy atom. The van der Waals surface area contributed by atoms with Crippen LogP contribution in [0.1, 0.15) is 39.8 Å². The van der Waals surface area contributed by atoms with Gasteiger partial charge in [0.15, 0.2) is 0 Å². The Morgan fingerprint density at radius 3 is 2.90 bits per heavy atom. The molecule has 1 heterocycles. The number of benzene rings is 1. The van der Waals surface area contributed by atoms with Gasteiger partial charge in [0, 0.05) is 5.69 Å². The quantitative estimate of drug-likeness (QED) is 0.879. The minimum Gasteiger partial charge on any atom is -0.508 e. The van der Waals surface area contributed by atoms with Crippen molar-refractivity contribution in [1.29, 1.82) is 0 Å². The highest BCUT2D eigenvalue weighted by molar-refractivity contribution is 5.92. The molecule has 0 saturated heterocycles. The fraction of sp³-hybridized carbons (Fsp3) is 0.250. The van der Waals surface area contributed by atoms with Crippen LogP contribution >= 0.6 is 0 Å². The second kappa shape index (κ2) is 4.96. The molecule has 3 rings (SSSR count). The van der Waals surface area contributed by atoms with E-state index in [9.17, 15) is 9.90 Å². The van der Waals surface area contributed by atoms with E-state index < -0.39 is 0 Å². The molecule has 0 radical (unpaired) electrons. The summed E-state index contributed by atoms with van der Waals surface area (Å²) in [4.78, 5) is 16.4. The lowest BCUT2D eigenvalue weighted by molar-refractivity contribution is 0.0931. The predicted octanol–water partition coefficient (Wildman–Crippen LogP) is 2.51. The third-order valence-electron chi connectivity index (χ3n) is 3.67. The third-order valence-corrected chi connectivity index (χ3v) is 3.67. The molecule has 0 bridgehead atoms. The van der Waals surface area contributed by atoms with Crippen molar-refractivity contribution in [2.45, 2.75) is 25.8 Å². The molecule has 4 nitrogen and oxygen atoms in total. The number of amides is 1. The molecule has 2 aromatic rings. The molecule has 0 spiro atoms. The minimum absolute atomic E-state index is 0.0492. The second-order valence-corrected chi connectivity index (χ2v) is 5.07. The summed E-state index contributed by atoms with van der Waals surface area (Å²) in [7, 11) is 0. The monoisotopic (exact) mass is 268 g/mol. The highest BCUT2D eigenvalue weighted by Crippen LogP contribution is 2.36. The molecule has 102 valence electrons. The van der Waals surface area contributed by atoms with Crippen LogP contribution in [0.15, 0.2) is 36.4 Å². The van der Waals surface area contributed by atoms with E-state index in [4.69, 9.17) is 0 Å². The zero-order chi connectivity index (χ0) is 14.1. The van der Waals surface area contributed by atoms with E-state index in [0.29, 0.717) is 11.4 Å². The zero-order valence-electron chi connectivity index (χ0n) is 11.3. The van der Waals surface area contributed by atoms with Gasteiger partial charge in [0.25, 0.3) is 5.91 Å². The van der Waals surface area contributed by atoms with Crippen LogP contribution in [-0.4, -0.2) is 16.0 Å². The van der Waals surface area contributed by atoms with Gasteiger partial charge in [0.1, 0.15) is 11.4 Å². The third kappa shape index (κ3) is 2.25. The van der Waals surface area contributed by atoms with Gasteiger partial charge in [-0.25, -0.2) is 4.98 Å². The number of hydrogen-bond acceptors (Lipinski definition) is 3. The van der Waals surface area contributed by atoms with Crippen molar-refractivity contribution >= 4 is 5.91 Å². The van der Waals surface area contributed by atoms with Crippen LogP contribution in [0.3, 0.4) is 0 Å². The van der Waals surface area contributed by atoms with Crippen LogP contribution in [0, 0.1) is 6.92 Å². The first-order chi connectivity index (χ1) is 9.65. The number of fused-ring (bicyclic) bond motifs is 1. The van der Waals surface area contributed by atoms with Gasteiger partial charge in [-0.2, -0.15) is 0 Å². The van der Waals surface area contributed by atoms with E-state index in [1.54, 1.807) is 12.1 Å². The lowest BCUT2D eigenvalue weighted by Crippen LogP contribution is -2.28. The van der Waals surface area contributed by atoms with Gasteiger partial charge in [0.2, 0.25) is 0 Å². The van der Waals surface area contributed by atoms with Crippen molar-refractivity contribution in [1.82, 2.24) is 10.3 Å². The van der Waals surface area contributed by atoms with Gasteiger partial charge in [-0.1, -0.05) is 18.2 Å². The van der Waals surface area contributed by atoms with Gasteiger partial charge in [-0.05, 0) is 49.1 Å². The highest BCUT2D eigenvalue weighted by Gasteiger charge is 2.26. The summed E-state index contributed by atoms with van der Waals surface area (Å²) in [6.07, 6.45) is 1.60. The van der Waals surface area contributed by atoms with Crippen LogP contribution in [0.4, 0.5) is 0 Å². The zero-order valence-corrected chi connectivity index (χ0v) is 11.3. The largest absolute Gasteiger partial charge is 0.508 e. The van der Waals surface area contributed by atoms with E-state index in [1.807, 2.05) is 31.2 Å². The lowest BCUT2D eigenvalue weighted by atomic mass is 10.1. The van der Waals surface area contributed by atoms with Crippen molar-refractivity contribution in [2.24, 2.45) is 0 Å². The second-order valence-electron chi connectivity index (χ2n) is 5.07. The summed E-state index contributed by atoms with van der Waals surface area (Å²) < 4.78 is 0. The highest BCUT2D eigenvalue weighted by atomic mass is 16.3. The van der Waals surface area contributed by atoms with Gasteiger partial charge >= 0.3 is 0 Å². The first kappa shape index (κ1) is 12.7. The number of aromatic hydroxyl groups is 1. The van der Waals surface area contributed by atoms with E-state index in [2.05, 4.69) is 10.3 Å². The number of nitrogens with zero attached hydrogens (tertiary/aromatic N) is 1. The molecule has 1 aliphatic rings. The summed E-state index contributed by atoms with van der Waals surface area (Å²) in [6, 6.07) is 10.8. The average molecular weight is 268 g/mol. The summed E-state index contributed by atoms with van der Waals surface area (Å²) >= 11 is 0. The summed E-state index contributed by atoms with van der Waals surface area (Å²) in [5, 5.41) is 12.8. The van der Waals surface area contributed by atoms with Gasteiger partial charge in [-0.15, -0.1) is 0 Å². The van der Waals surface area contributed by atoms with Crippen molar-refractivity contribution in [2.75, 3.05) is 0 Å². The van der Waals surface area contributed by atoms with E-state index in [-0.39, 0.29) is 11.9 Å². The Kier molecular flexibility index (Phi) is 3.14. The molecule has 2 N–H and O–H groups in total. The maximum Gasteiger partial charge on any atom is 0.270 e. The molecule has 1 amide bonds. The number of aromatic nitrogens is 1. The number of nitrogens with one attached hydrogen (secondary N) is 1. The van der Waals surface area contributed by atoms with Crippen molar-refractivity contribution in [3.05, 3.63) is 58.9 Å². The molecule has 1 aliphatic carbocycles. The Labute approximate surface area is 117 Å². The first-order valence-corrected chi connectivity index (χ1v) is 6.70. The molecule has 0 saturated carbocycles. The molecule has 1 atom stereocenters. The fourth-order valence-electron chi connectivity index (χ4n) is 2.69. The Bertz CT molecular complexity index is 667. The van der Waals surface area contributed by atoms with E-state index in [1.165, 1.54) is 0 Å². The van der Waals surface area contributed by atoms with Gasteiger partial charge < -0.3 is 10.4 Å². The summed E-state index contributed by atoms with van der Waals surface area (Å²) in [5.41, 5.74) is 3.20. The maximum atomic E-state index is 12.2. The molecule has 0 unspecified atom stereocenters. The fourth-order valence-corrected chi connectivity index (χ4v) is 2.69. The average Bonchev–Trinajstić information content (AvgIpc) is 2.83. The Hall–Kier alpha value is -2.36. The molecule has 0 aliphatic heterocycles. The number of phenols is 1. The summed E-state index contributed by atoms with van der Waals surface area (Å²) in [5.74, 6) is 0.142. The van der Waals surface area contributed by atoms with Crippen molar-refractivity contribution in [3.8, 4) is 5.75 Å². The molecule has 4 heteroatoms.